The SMILES string of the molecule is CCCCCCCCC/C=C\CCCCCCCCCC(=O)OC(COC(=O)CCCCCCCCCCC)COC(=O)CCCCCCCCCCCCCCCCCCCCCCCCCCCCC. The number of ether oxygens (including phenoxy) is 3. The molecule has 6 nitrogen and oxygen atoms in total. The van der Waals surface area contributed by atoms with Crippen molar-refractivity contribution in [3.63, 3.8) is 0 Å². The standard InChI is InChI=1S/C66H126O6/c1-4-7-10-13-16-19-21-23-25-27-29-30-31-32-33-34-35-36-37-39-40-42-44-47-50-53-56-59-65(68)71-62-63(61-70-64(67)58-55-52-49-46-18-15-12-9-6-3)72-66(69)60-57-54-51-48-45-43-41-38-28-26-24-22-20-17-14-11-8-5-2/h26,28,63H,4-25,27,29-62H2,1-3H3/b28-26-. The second-order valence-corrected chi connectivity index (χ2v) is 22.4. The first-order valence-corrected chi connectivity index (χ1v) is 32.7. The zero-order chi connectivity index (χ0) is 52.2. The Balaban J connectivity index is 4.10. The van der Waals surface area contributed by atoms with Crippen molar-refractivity contribution in [2.75, 3.05) is 13.2 Å². The molecule has 0 fully saturated rings. The molecule has 0 aromatic heterocycles. The van der Waals surface area contributed by atoms with Gasteiger partial charge >= 0.3 is 17.9 Å². The number of carbonyl (C=O) groups excluding carboxylic acids is 3. The van der Waals surface area contributed by atoms with Gasteiger partial charge in [0.25, 0.3) is 0 Å². The molecule has 0 N–H and O–H groups in total. The van der Waals surface area contributed by atoms with Gasteiger partial charge in [0.15, 0.2) is 6.10 Å². The highest BCUT2D eigenvalue weighted by Gasteiger charge is 2.19. The van der Waals surface area contributed by atoms with Crippen molar-refractivity contribution in [2.45, 2.75) is 380 Å². The molecule has 0 aliphatic rings. The third-order valence-corrected chi connectivity index (χ3v) is 15.0. The lowest BCUT2D eigenvalue weighted by atomic mass is 10.0. The van der Waals surface area contributed by atoms with Crippen LogP contribution in [0.5, 0.6) is 0 Å². The third kappa shape index (κ3) is 59.0. The fourth-order valence-electron chi connectivity index (χ4n) is 10.1. The average molecular weight is 1020 g/mol. The van der Waals surface area contributed by atoms with Crippen LogP contribution in [0.3, 0.4) is 0 Å². The molecule has 72 heavy (non-hydrogen) atoms. The van der Waals surface area contributed by atoms with Crippen LogP contribution in [0.25, 0.3) is 0 Å². The van der Waals surface area contributed by atoms with E-state index in [1.54, 1.807) is 0 Å². The fraction of sp³-hybridized carbons (Fsp3) is 0.924. The molecule has 426 valence electrons. The minimum atomic E-state index is -0.767. The quantitative estimate of drug-likeness (QED) is 0.0261. The maximum absolute atomic E-state index is 12.9. The highest BCUT2D eigenvalue weighted by Crippen LogP contribution is 2.18. The average Bonchev–Trinajstić information content (AvgIpc) is 3.38. The summed E-state index contributed by atoms with van der Waals surface area (Å²) in [6.07, 6.45) is 72.4. The summed E-state index contributed by atoms with van der Waals surface area (Å²) in [5, 5.41) is 0. The monoisotopic (exact) mass is 1010 g/mol. The Kier molecular flexibility index (Phi) is 60.1. The van der Waals surface area contributed by atoms with Crippen LogP contribution in [0.4, 0.5) is 0 Å². The molecule has 0 saturated heterocycles. The first kappa shape index (κ1) is 70.1. The van der Waals surface area contributed by atoms with Crippen molar-refractivity contribution in [1.82, 2.24) is 0 Å². The summed E-state index contributed by atoms with van der Waals surface area (Å²) in [4.78, 5) is 38.2. The van der Waals surface area contributed by atoms with E-state index in [0.29, 0.717) is 19.3 Å². The molecule has 0 aliphatic heterocycles. The van der Waals surface area contributed by atoms with Gasteiger partial charge in [-0.25, -0.2) is 0 Å². The molecule has 0 heterocycles. The molecule has 0 aliphatic carbocycles. The van der Waals surface area contributed by atoms with E-state index in [9.17, 15) is 14.4 Å². The smallest absolute Gasteiger partial charge is 0.306 e. The number of allylic oxidation sites excluding steroid dienone is 2. The van der Waals surface area contributed by atoms with Crippen LogP contribution in [-0.4, -0.2) is 37.2 Å². The number of esters is 3. The Morgan fingerprint density at radius 1 is 0.264 bits per heavy atom. The van der Waals surface area contributed by atoms with Crippen LogP contribution >= 0.6 is 0 Å². The van der Waals surface area contributed by atoms with E-state index in [0.717, 1.165) is 57.8 Å². The zero-order valence-electron chi connectivity index (χ0n) is 49.0. The first-order valence-electron chi connectivity index (χ1n) is 32.7. The van der Waals surface area contributed by atoms with E-state index in [4.69, 9.17) is 14.2 Å². The molecule has 0 bridgehead atoms. The van der Waals surface area contributed by atoms with Gasteiger partial charge in [0.1, 0.15) is 13.2 Å². The topological polar surface area (TPSA) is 78.9 Å². The lowest BCUT2D eigenvalue weighted by Crippen LogP contribution is -2.30. The molecule has 0 rings (SSSR count). The van der Waals surface area contributed by atoms with Crippen LogP contribution in [-0.2, 0) is 28.6 Å². The summed E-state index contributed by atoms with van der Waals surface area (Å²) in [7, 11) is 0. The van der Waals surface area contributed by atoms with Crippen molar-refractivity contribution in [3.8, 4) is 0 Å². The lowest BCUT2D eigenvalue weighted by molar-refractivity contribution is -0.167. The maximum atomic E-state index is 12.9. The maximum Gasteiger partial charge on any atom is 0.306 e. The van der Waals surface area contributed by atoms with Crippen LogP contribution < -0.4 is 0 Å². The third-order valence-electron chi connectivity index (χ3n) is 15.0. The van der Waals surface area contributed by atoms with E-state index >= 15 is 0 Å². The number of rotatable bonds is 61. The van der Waals surface area contributed by atoms with Gasteiger partial charge < -0.3 is 14.2 Å². The van der Waals surface area contributed by atoms with E-state index in [1.165, 1.54) is 276 Å². The summed E-state index contributed by atoms with van der Waals surface area (Å²) in [6, 6.07) is 0. The van der Waals surface area contributed by atoms with Gasteiger partial charge in [-0.05, 0) is 44.9 Å². The van der Waals surface area contributed by atoms with E-state index in [-0.39, 0.29) is 31.1 Å². The van der Waals surface area contributed by atoms with E-state index < -0.39 is 6.10 Å². The van der Waals surface area contributed by atoms with Crippen molar-refractivity contribution in [2.24, 2.45) is 0 Å². The number of carbonyl (C=O) groups is 3. The number of hydrogen-bond donors (Lipinski definition) is 0. The van der Waals surface area contributed by atoms with Gasteiger partial charge in [-0.15, -0.1) is 0 Å². The second kappa shape index (κ2) is 61.7. The Hall–Kier alpha value is -1.85. The Bertz CT molecular complexity index is 1120. The molecule has 0 aromatic carbocycles. The first-order chi connectivity index (χ1) is 35.5. The molecule has 0 amide bonds. The molecule has 6 heteroatoms. The van der Waals surface area contributed by atoms with Crippen LogP contribution in [0.15, 0.2) is 12.2 Å². The van der Waals surface area contributed by atoms with Gasteiger partial charge in [0, 0.05) is 19.3 Å². The summed E-state index contributed by atoms with van der Waals surface area (Å²) in [5.41, 5.74) is 0. The van der Waals surface area contributed by atoms with Gasteiger partial charge in [-0.2, -0.15) is 0 Å². The Labute approximate surface area is 450 Å². The normalized spacial score (nSPS) is 12.0. The minimum Gasteiger partial charge on any atom is -0.462 e. The molecule has 0 saturated carbocycles. The van der Waals surface area contributed by atoms with Crippen LogP contribution in [0, 0.1) is 0 Å². The van der Waals surface area contributed by atoms with Crippen LogP contribution in [0.1, 0.15) is 374 Å². The van der Waals surface area contributed by atoms with E-state index in [2.05, 4.69) is 32.9 Å². The van der Waals surface area contributed by atoms with Crippen molar-refractivity contribution < 1.29 is 28.6 Å². The minimum absolute atomic E-state index is 0.0658. The molecular weight excluding hydrogens is 889 g/mol. The second-order valence-electron chi connectivity index (χ2n) is 22.4. The van der Waals surface area contributed by atoms with Crippen molar-refractivity contribution in [3.05, 3.63) is 12.2 Å². The largest absolute Gasteiger partial charge is 0.462 e. The molecule has 0 aromatic rings. The van der Waals surface area contributed by atoms with Gasteiger partial charge in [0.05, 0.1) is 0 Å². The lowest BCUT2D eigenvalue weighted by Gasteiger charge is -2.18. The predicted octanol–water partition coefficient (Wildman–Crippen LogP) is 22.1. The zero-order valence-corrected chi connectivity index (χ0v) is 49.0. The van der Waals surface area contributed by atoms with Gasteiger partial charge in [0.2, 0.25) is 0 Å². The molecule has 0 radical (unpaired) electrons. The fourth-order valence-corrected chi connectivity index (χ4v) is 10.1. The molecule has 1 unspecified atom stereocenters. The molecular formula is C66H126O6. The summed E-state index contributed by atoms with van der Waals surface area (Å²) < 4.78 is 16.9. The molecule has 1 atom stereocenters. The highest BCUT2D eigenvalue weighted by molar-refractivity contribution is 5.71. The van der Waals surface area contributed by atoms with Crippen LogP contribution in [0.2, 0.25) is 0 Å². The predicted molar refractivity (Wildman–Crippen MR) is 312 cm³/mol. The van der Waals surface area contributed by atoms with Gasteiger partial charge in [-0.3, -0.25) is 14.4 Å². The number of hydrogen-bond acceptors (Lipinski definition) is 6. The number of unbranched alkanes of at least 4 members (excludes halogenated alkanes) is 48. The summed E-state index contributed by atoms with van der Waals surface area (Å²) in [5.74, 6) is -0.846. The van der Waals surface area contributed by atoms with Gasteiger partial charge in [-0.1, -0.05) is 322 Å². The summed E-state index contributed by atoms with van der Waals surface area (Å²) in [6.45, 7) is 6.69. The Morgan fingerprint density at radius 2 is 0.458 bits per heavy atom. The van der Waals surface area contributed by atoms with Crippen molar-refractivity contribution in [1.29, 1.82) is 0 Å². The Morgan fingerprint density at radius 3 is 0.694 bits per heavy atom. The molecule has 0 spiro atoms. The summed E-state index contributed by atoms with van der Waals surface area (Å²) >= 11 is 0. The van der Waals surface area contributed by atoms with Crippen molar-refractivity contribution >= 4 is 17.9 Å². The highest BCUT2D eigenvalue weighted by atomic mass is 16.6. The van der Waals surface area contributed by atoms with E-state index in [1.807, 2.05) is 0 Å².